The third kappa shape index (κ3) is 2.74. The Morgan fingerprint density at radius 1 is 1.17 bits per heavy atom. The van der Waals surface area contributed by atoms with Gasteiger partial charge < -0.3 is 5.11 Å². The molecule has 0 aliphatic heterocycles. The number of rotatable bonds is 1. The summed E-state index contributed by atoms with van der Waals surface area (Å²) in [7, 11) is 1.96. The Balaban J connectivity index is 1.46. The maximum Gasteiger partial charge on any atom is 0.165 e. The van der Waals surface area contributed by atoms with Crippen LogP contribution in [0.1, 0.15) is 76.5 Å². The zero-order valence-electron chi connectivity index (χ0n) is 18.4. The second-order valence-corrected chi connectivity index (χ2v) is 11.1. The lowest BCUT2D eigenvalue weighted by Crippen LogP contribution is -2.54. The first kappa shape index (κ1) is 19.5. The molecule has 1 aromatic rings. The highest BCUT2D eigenvalue weighted by atomic mass is 16.3. The van der Waals surface area contributed by atoms with Crippen LogP contribution < -0.4 is 0 Å². The van der Waals surface area contributed by atoms with Crippen molar-refractivity contribution in [2.45, 2.75) is 78.2 Å². The summed E-state index contributed by atoms with van der Waals surface area (Å²) in [4.78, 5) is 13.5. The molecular formula is C25H36N2O2. The van der Waals surface area contributed by atoms with Crippen LogP contribution in [0.5, 0.6) is 0 Å². The fourth-order valence-corrected chi connectivity index (χ4v) is 7.88. The molecule has 0 spiro atoms. The molecule has 1 N–H and O–H groups in total. The normalized spacial score (nSPS) is 45.8. The zero-order valence-corrected chi connectivity index (χ0v) is 18.4. The summed E-state index contributed by atoms with van der Waals surface area (Å²) < 4.78 is 1.89. The molecule has 1 heterocycles. The van der Waals surface area contributed by atoms with Crippen LogP contribution >= 0.6 is 0 Å². The van der Waals surface area contributed by atoms with Crippen LogP contribution in [-0.2, 0) is 11.8 Å². The van der Waals surface area contributed by atoms with Crippen molar-refractivity contribution in [2.75, 3.05) is 0 Å². The van der Waals surface area contributed by atoms with Crippen molar-refractivity contribution in [3.63, 3.8) is 0 Å². The topological polar surface area (TPSA) is 55.1 Å². The molecule has 4 aliphatic rings. The van der Waals surface area contributed by atoms with E-state index in [1.807, 2.05) is 17.9 Å². The highest BCUT2D eigenvalue weighted by Gasteiger charge is 2.61. The molecule has 29 heavy (non-hydrogen) atoms. The molecule has 0 saturated heterocycles. The zero-order chi connectivity index (χ0) is 20.6. The molecule has 1 aromatic heterocycles. The number of aliphatic hydroxyl groups excluding tert-OH is 1. The summed E-state index contributed by atoms with van der Waals surface area (Å²) in [5, 5.41) is 14.6. The van der Waals surface area contributed by atoms with Crippen LogP contribution in [-0.4, -0.2) is 26.8 Å². The minimum Gasteiger partial charge on any atom is -0.393 e. The number of hydrogen-bond acceptors (Lipinski definition) is 3. The van der Waals surface area contributed by atoms with E-state index in [0.717, 1.165) is 54.9 Å². The lowest BCUT2D eigenvalue weighted by atomic mass is 9.45. The predicted octanol–water partition coefficient (Wildman–Crippen LogP) is 4.69. The number of carbonyl (C=O) groups is 1. The summed E-state index contributed by atoms with van der Waals surface area (Å²) in [6.07, 6.45) is 12.7. The highest BCUT2D eigenvalue weighted by molar-refractivity contribution is 6.06. The minimum atomic E-state index is -0.180. The number of nitrogens with zero attached hydrogens (tertiary/aromatic N) is 2. The van der Waals surface area contributed by atoms with Gasteiger partial charge in [-0.05, 0) is 99.0 Å². The van der Waals surface area contributed by atoms with Gasteiger partial charge in [0.05, 0.1) is 12.3 Å². The molecular weight excluding hydrogens is 360 g/mol. The summed E-state index contributed by atoms with van der Waals surface area (Å²) in [6, 6.07) is 0. The molecule has 4 heteroatoms. The number of aliphatic hydroxyl groups is 1. The smallest absolute Gasteiger partial charge is 0.165 e. The van der Waals surface area contributed by atoms with Crippen LogP contribution in [0.4, 0.5) is 0 Å². The second kappa shape index (κ2) is 6.54. The number of aromatic nitrogens is 2. The van der Waals surface area contributed by atoms with Gasteiger partial charge in [-0.2, -0.15) is 5.10 Å². The molecule has 0 radical (unpaired) electrons. The molecule has 4 nitrogen and oxygen atoms in total. The Morgan fingerprint density at radius 2 is 1.97 bits per heavy atom. The quantitative estimate of drug-likeness (QED) is 0.701. The highest BCUT2D eigenvalue weighted by Crippen LogP contribution is 2.66. The maximum absolute atomic E-state index is 13.5. The van der Waals surface area contributed by atoms with E-state index in [1.165, 1.54) is 19.3 Å². The largest absolute Gasteiger partial charge is 0.393 e. The van der Waals surface area contributed by atoms with Gasteiger partial charge in [-0.1, -0.05) is 13.8 Å². The van der Waals surface area contributed by atoms with Crippen molar-refractivity contribution in [1.29, 1.82) is 0 Å². The van der Waals surface area contributed by atoms with Gasteiger partial charge in [0, 0.05) is 23.7 Å². The standard InChI is InChI=1S/C25H36N2O2/c1-15-17(14-26-27(15)4)11-16-12-22-20-6-5-18-13-19(28)7-9-24(18,2)21(20)8-10-25(22,3)23(16)29/h11,14,18-22,28H,5-10,12-13H2,1-4H3/b16-11+/t18-,19+,20-,21+,22+,24+,25+/m1/s1. The molecule has 4 saturated carbocycles. The monoisotopic (exact) mass is 396 g/mol. The van der Waals surface area contributed by atoms with E-state index in [4.69, 9.17) is 0 Å². The van der Waals surface area contributed by atoms with E-state index in [-0.39, 0.29) is 11.5 Å². The number of hydrogen-bond donors (Lipinski definition) is 1. The number of allylic oxidation sites excluding steroid dienone is 1. The molecule has 0 aromatic carbocycles. The molecule has 158 valence electrons. The summed E-state index contributed by atoms with van der Waals surface area (Å²) in [5.41, 5.74) is 3.42. The number of Topliss-reactive ketones (excluding diaryl/α,β-unsaturated/α-hetero) is 1. The average molecular weight is 397 g/mol. The SMILES string of the molecule is Cc1c(/C=C2\C[C@H]3[C@@H]4CC[C@@H]5C[C@@H](O)CC[C@]5(C)[C@H]4CC[C@]3(C)C2=O)cnn1C. The third-order valence-electron chi connectivity index (χ3n) is 9.88. The number of aryl methyl sites for hydroxylation is 1. The average Bonchev–Trinajstić information content (AvgIpc) is 3.14. The fourth-order valence-electron chi connectivity index (χ4n) is 7.88. The Labute approximate surface area is 174 Å². The lowest BCUT2D eigenvalue weighted by Gasteiger charge is -2.59. The van der Waals surface area contributed by atoms with Crippen molar-refractivity contribution >= 4 is 11.9 Å². The van der Waals surface area contributed by atoms with E-state index in [9.17, 15) is 9.90 Å². The van der Waals surface area contributed by atoms with Gasteiger partial charge in [-0.15, -0.1) is 0 Å². The van der Waals surface area contributed by atoms with Crippen LogP contribution in [0, 0.1) is 41.4 Å². The van der Waals surface area contributed by atoms with Crippen LogP contribution in [0.2, 0.25) is 0 Å². The van der Waals surface area contributed by atoms with Crippen molar-refractivity contribution in [3.05, 3.63) is 23.0 Å². The molecule has 0 amide bonds. The number of ketones is 1. The van der Waals surface area contributed by atoms with Gasteiger partial charge in [-0.25, -0.2) is 0 Å². The summed E-state index contributed by atoms with van der Waals surface area (Å²) in [5.74, 6) is 2.94. The van der Waals surface area contributed by atoms with E-state index in [0.29, 0.717) is 29.0 Å². The third-order valence-corrected chi connectivity index (χ3v) is 9.88. The fraction of sp³-hybridized carbons (Fsp3) is 0.760. The van der Waals surface area contributed by atoms with Gasteiger partial charge in [-0.3, -0.25) is 9.48 Å². The summed E-state index contributed by atoms with van der Waals surface area (Å²) in [6.45, 7) is 6.84. The van der Waals surface area contributed by atoms with Crippen LogP contribution in [0.25, 0.3) is 6.08 Å². The van der Waals surface area contributed by atoms with Gasteiger partial charge in [0.2, 0.25) is 0 Å². The Morgan fingerprint density at radius 3 is 2.69 bits per heavy atom. The Bertz CT molecular complexity index is 870. The Hall–Kier alpha value is -1.42. The number of carbonyl (C=O) groups excluding carboxylic acids is 1. The lowest BCUT2D eigenvalue weighted by molar-refractivity contribution is -0.141. The molecule has 5 rings (SSSR count). The molecule has 0 bridgehead atoms. The first-order valence-corrected chi connectivity index (χ1v) is 11.7. The minimum absolute atomic E-state index is 0.0937. The molecule has 0 unspecified atom stereocenters. The predicted molar refractivity (Wildman–Crippen MR) is 114 cm³/mol. The van der Waals surface area contributed by atoms with Crippen molar-refractivity contribution < 1.29 is 9.90 Å². The molecule has 4 fully saturated rings. The van der Waals surface area contributed by atoms with Gasteiger partial charge in [0.15, 0.2) is 5.78 Å². The van der Waals surface area contributed by atoms with E-state index in [1.54, 1.807) is 0 Å². The van der Waals surface area contributed by atoms with Gasteiger partial charge in [0.1, 0.15) is 0 Å². The van der Waals surface area contributed by atoms with Crippen LogP contribution in [0.3, 0.4) is 0 Å². The number of fused-ring (bicyclic) bond motifs is 5. The summed E-state index contributed by atoms with van der Waals surface area (Å²) >= 11 is 0. The van der Waals surface area contributed by atoms with E-state index < -0.39 is 0 Å². The van der Waals surface area contributed by atoms with Crippen molar-refractivity contribution in [2.24, 2.45) is 41.5 Å². The first-order valence-electron chi connectivity index (χ1n) is 11.7. The Kier molecular flexibility index (Phi) is 4.40. The van der Waals surface area contributed by atoms with E-state index in [2.05, 4.69) is 31.9 Å². The molecule has 4 aliphatic carbocycles. The second-order valence-electron chi connectivity index (χ2n) is 11.1. The van der Waals surface area contributed by atoms with E-state index >= 15 is 0 Å². The first-order chi connectivity index (χ1) is 13.7. The van der Waals surface area contributed by atoms with Gasteiger partial charge >= 0.3 is 0 Å². The van der Waals surface area contributed by atoms with Gasteiger partial charge in [0.25, 0.3) is 0 Å². The van der Waals surface area contributed by atoms with Crippen molar-refractivity contribution in [3.8, 4) is 0 Å². The van der Waals surface area contributed by atoms with Crippen molar-refractivity contribution in [1.82, 2.24) is 9.78 Å². The van der Waals surface area contributed by atoms with Crippen LogP contribution in [0.15, 0.2) is 11.8 Å². The molecule has 7 atom stereocenters. The maximum atomic E-state index is 13.5.